The summed E-state index contributed by atoms with van der Waals surface area (Å²) in [5.41, 5.74) is 0. The Bertz CT molecular complexity index is 72.6. The summed E-state index contributed by atoms with van der Waals surface area (Å²) in [5.74, 6) is 0. The van der Waals surface area contributed by atoms with E-state index in [4.69, 9.17) is 0 Å². The molecule has 0 amide bonds. The first-order valence-corrected chi connectivity index (χ1v) is 4.89. The van der Waals surface area contributed by atoms with Crippen molar-refractivity contribution >= 4 is 7.14 Å². The fraction of sp³-hybridized carbons (Fsp3) is 1.00. The first-order chi connectivity index (χ1) is 2.56. The highest BCUT2D eigenvalue weighted by Crippen LogP contribution is 2.34. The molecule has 0 saturated carbocycles. The summed E-state index contributed by atoms with van der Waals surface area (Å²) in [6.07, 6.45) is 0.826. The Balaban J connectivity index is -0.000000125. The van der Waals surface area contributed by atoms with Gasteiger partial charge in [-0.25, -0.2) is 0 Å². The van der Waals surface area contributed by atoms with E-state index in [1.54, 1.807) is 13.3 Å². The summed E-state index contributed by atoms with van der Waals surface area (Å²) in [6.45, 7) is 5.54. The second-order valence-corrected chi connectivity index (χ2v) is 5.67. The largest absolute Gasteiger partial charge is 0.324 e. The minimum Gasteiger partial charge on any atom is -0.324 e. The molecule has 0 aliphatic carbocycles. The van der Waals surface area contributed by atoms with Crippen molar-refractivity contribution in [2.45, 2.75) is 21.8 Å². The lowest BCUT2D eigenvalue weighted by Gasteiger charge is -1.95. The summed E-state index contributed by atoms with van der Waals surface area (Å²) >= 11 is 0. The summed E-state index contributed by atoms with van der Waals surface area (Å²) < 4.78 is 10.6. The van der Waals surface area contributed by atoms with Crippen LogP contribution in [-0.2, 0) is 4.57 Å². The molecule has 0 unspecified atom stereocenters. The molecular formula is C6H19OP. The molecule has 2 heteroatoms. The van der Waals surface area contributed by atoms with Crippen LogP contribution in [0, 0.1) is 0 Å². The van der Waals surface area contributed by atoms with Crippen molar-refractivity contribution in [1.82, 2.24) is 0 Å². The van der Waals surface area contributed by atoms with E-state index in [9.17, 15) is 4.57 Å². The Morgan fingerprint density at radius 2 is 1.38 bits per heavy atom. The number of hydrogen-bond donors (Lipinski definition) is 0. The zero-order valence-corrected chi connectivity index (χ0v) is 5.46. The first-order valence-electron chi connectivity index (χ1n) is 2.10. The van der Waals surface area contributed by atoms with Crippen LogP contribution in [0.25, 0.3) is 0 Å². The van der Waals surface area contributed by atoms with Gasteiger partial charge in [-0.2, -0.15) is 0 Å². The fourth-order valence-electron chi connectivity index (χ4n) is 0. The second kappa shape index (κ2) is 5.37. The van der Waals surface area contributed by atoms with E-state index in [1.165, 1.54) is 0 Å². The fourth-order valence-corrected chi connectivity index (χ4v) is 0. The van der Waals surface area contributed by atoms with Gasteiger partial charge >= 0.3 is 0 Å². The molecule has 0 heterocycles. The van der Waals surface area contributed by atoms with Crippen molar-refractivity contribution in [3.63, 3.8) is 0 Å². The topological polar surface area (TPSA) is 17.1 Å². The molecule has 0 aliphatic rings. The van der Waals surface area contributed by atoms with E-state index >= 15 is 0 Å². The van der Waals surface area contributed by atoms with Crippen molar-refractivity contribution in [2.75, 3.05) is 19.5 Å². The molecule has 0 fully saturated rings. The van der Waals surface area contributed by atoms with Gasteiger partial charge in [0.05, 0.1) is 7.14 Å². The van der Waals surface area contributed by atoms with E-state index in [0.29, 0.717) is 0 Å². The average Bonchev–Trinajstić information content (AvgIpc) is 1.35. The molecule has 0 aromatic heterocycles. The molecule has 0 saturated heterocycles. The van der Waals surface area contributed by atoms with Gasteiger partial charge in [-0.15, -0.1) is 0 Å². The van der Waals surface area contributed by atoms with Crippen LogP contribution in [0.1, 0.15) is 21.8 Å². The van der Waals surface area contributed by atoms with Crippen LogP contribution in [0.4, 0.5) is 0 Å². The quantitative estimate of drug-likeness (QED) is 0.509. The lowest BCUT2D eigenvalue weighted by molar-refractivity contribution is 0.583. The van der Waals surface area contributed by atoms with Crippen molar-refractivity contribution in [1.29, 1.82) is 0 Å². The maximum atomic E-state index is 10.6. The lowest BCUT2D eigenvalue weighted by atomic mass is 11.0. The summed E-state index contributed by atoms with van der Waals surface area (Å²) in [4.78, 5) is 0. The Labute approximate surface area is 53.9 Å². The highest BCUT2D eigenvalue weighted by molar-refractivity contribution is 7.62. The molecule has 0 aromatic rings. The molecule has 1 nitrogen and oxygen atoms in total. The standard InChI is InChI=1S/C4H11OP.2CH4/c1-4-6(2,3)5;;/h4H2,1-3H3;2*1H4. The van der Waals surface area contributed by atoms with E-state index in [-0.39, 0.29) is 14.9 Å². The molecule has 0 aliphatic heterocycles. The summed E-state index contributed by atoms with van der Waals surface area (Å²) in [5, 5.41) is 0. The van der Waals surface area contributed by atoms with E-state index < -0.39 is 7.14 Å². The third-order valence-corrected chi connectivity index (χ3v) is 2.28. The molecule has 0 atom stereocenters. The first kappa shape index (κ1) is 15.7. The zero-order valence-electron chi connectivity index (χ0n) is 4.56. The van der Waals surface area contributed by atoms with Gasteiger partial charge in [0.2, 0.25) is 0 Å². The van der Waals surface area contributed by atoms with Crippen LogP contribution in [0.2, 0.25) is 0 Å². The second-order valence-electron chi connectivity index (χ2n) is 1.89. The normalized spacial score (nSPS) is 8.88. The molecule has 8 heavy (non-hydrogen) atoms. The molecule has 0 aromatic carbocycles. The highest BCUT2D eigenvalue weighted by Gasteiger charge is 1.98. The molecule has 0 bridgehead atoms. The Morgan fingerprint density at radius 1 is 1.25 bits per heavy atom. The van der Waals surface area contributed by atoms with E-state index in [1.807, 2.05) is 6.92 Å². The zero-order chi connectivity index (χ0) is 5.21. The minimum absolute atomic E-state index is 0. The van der Waals surface area contributed by atoms with Gasteiger partial charge in [0.1, 0.15) is 0 Å². The van der Waals surface area contributed by atoms with Crippen molar-refractivity contribution < 1.29 is 4.57 Å². The van der Waals surface area contributed by atoms with Gasteiger partial charge in [0.15, 0.2) is 0 Å². The predicted octanol–water partition coefficient (Wildman–Crippen LogP) is 2.90. The van der Waals surface area contributed by atoms with Crippen LogP contribution in [0.15, 0.2) is 0 Å². The van der Waals surface area contributed by atoms with E-state index in [0.717, 1.165) is 6.16 Å². The smallest absolute Gasteiger partial charge is 0.0816 e. The lowest BCUT2D eigenvalue weighted by Crippen LogP contribution is -1.74. The predicted molar refractivity (Wildman–Crippen MR) is 43.5 cm³/mol. The molecule has 0 rings (SSSR count). The number of hydrogen-bond acceptors (Lipinski definition) is 1. The molecule has 54 valence electrons. The van der Waals surface area contributed by atoms with Crippen LogP contribution >= 0.6 is 7.14 Å². The van der Waals surface area contributed by atoms with Crippen molar-refractivity contribution in [3.05, 3.63) is 0 Å². The van der Waals surface area contributed by atoms with Crippen molar-refractivity contribution in [3.8, 4) is 0 Å². The van der Waals surface area contributed by atoms with Gasteiger partial charge in [-0.3, -0.25) is 0 Å². The Morgan fingerprint density at radius 3 is 1.38 bits per heavy atom. The molecule has 0 N–H and O–H groups in total. The Kier molecular flexibility index (Phi) is 10.6. The van der Waals surface area contributed by atoms with Gasteiger partial charge < -0.3 is 4.57 Å². The van der Waals surface area contributed by atoms with Gasteiger partial charge in [0, 0.05) is 0 Å². The average molecular weight is 138 g/mol. The number of rotatable bonds is 1. The molecular weight excluding hydrogens is 119 g/mol. The Hall–Kier alpha value is 0.230. The van der Waals surface area contributed by atoms with Crippen LogP contribution < -0.4 is 0 Å². The van der Waals surface area contributed by atoms with Gasteiger partial charge in [0.25, 0.3) is 0 Å². The third kappa shape index (κ3) is 16.3. The van der Waals surface area contributed by atoms with Gasteiger partial charge in [-0.1, -0.05) is 21.8 Å². The molecule has 0 spiro atoms. The maximum absolute atomic E-state index is 10.6. The SMILES string of the molecule is C.C.CCP(C)(C)=O. The maximum Gasteiger partial charge on any atom is 0.0816 e. The van der Waals surface area contributed by atoms with Gasteiger partial charge in [-0.05, 0) is 19.5 Å². The highest BCUT2D eigenvalue weighted by atomic mass is 31.2. The minimum atomic E-state index is -1.65. The summed E-state index contributed by atoms with van der Waals surface area (Å²) in [6, 6.07) is 0. The van der Waals surface area contributed by atoms with Crippen LogP contribution in [0.3, 0.4) is 0 Å². The van der Waals surface area contributed by atoms with Crippen molar-refractivity contribution in [2.24, 2.45) is 0 Å². The van der Waals surface area contributed by atoms with Crippen LogP contribution in [0.5, 0.6) is 0 Å². The third-order valence-electron chi connectivity index (χ3n) is 0.762. The molecule has 0 radical (unpaired) electrons. The van der Waals surface area contributed by atoms with E-state index in [2.05, 4.69) is 0 Å². The van der Waals surface area contributed by atoms with Crippen LogP contribution in [-0.4, -0.2) is 19.5 Å². The summed E-state index contributed by atoms with van der Waals surface area (Å²) in [7, 11) is -1.65. The monoisotopic (exact) mass is 138 g/mol.